The number of rotatable bonds is 5. The number of methoxy groups -OCH3 is 1. The molecule has 2 saturated carbocycles. The summed E-state index contributed by atoms with van der Waals surface area (Å²) in [5, 5.41) is 9.91. The van der Waals surface area contributed by atoms with Gasteiger partial charge in [0, 0.05) is 11.5 Å². The molecule has 1 saturated heterocycles. The molecular formula is C27H32O9. The van der Waals surface area contributed by atoms with Gasteiger partial charge in [-0.25, -0.2) is 0 Å². The van der Waals surface area contributed by atoms with Gasteiger partial charge in [-0.05, 0) is 55.6 Å². The maximum absolute atomic E-state index is 14.0. The Morgan fingerprint density at radius 2 is 1.97 bits per heavy atom. The zero-order valence-electron chi connectivity index (χ0n) is 20.9. The number of carbonyl (C=O) groups is 3. The van der Waals surface area contributed by atoms with Crippen LogP contribution in [-0.2, 0) is 28.6 Å². The van der Waals surface area contributed by atoms with Gasteiger partial charge in [-0.1, -0.05) is 13.8 Å². The Hall–Kier alpha value is -2.91. The number of aliphatic hydroxyl groups is 1. The number of ketones is 1. The summed E-state index contributed by atoms with van der Waals surface area (Å²) in [4.78, 5) is 40.4. The molecule has 1 unspecified atom stereocenters. The summed E-state index contributed by atoms with van der Waals surface area (Å²) in [6, 6.07) is 3.53. The van der Waals surface area contributed by atoms with Gasteiger partial charge >= 0.3 is 11.9 Å². The van der Waals surface area contributed by atoms with Crippen LogP contribution in [0.3, 0.4) is 0 Å². The average molecular weight is 501 g/mol. The van der Waals surface area contributed by atoms with Crippen molar-refractivity contribution in [1.29, 1.82) is 0 Å². The molecule has 8 atom stereocenters. The largest absolute Gasteiger partial charge is 0.472 e. The molecule has 0 amide bonds. The molecule has 0 spiro atoms. The van der Waals surface area contributed by atoms with Crippen molar-refractivity contribution in [3.8, 4) is 11.3 Å². The van der Waals surface area contributed by atoms with Crippen molar-refractivity contribution in [2.75, 3.05) is 7.11 Å². The molecule has 2 aromatic rings. The SMILES string of the molecule is COC(=O)[C@@H]1C[C@H](OC(C)O)C(=O)[C@H]2[C@@]1(C)CC[C@H]1C(=O)O[C@H](c3ccoc3-c3ccoc3)C[C@]21C. The summed E-state index contributed by atoms with van der Waals surface area (Å²) < 4.78 is 27.6. The number of furan rings is 2. The van der Waals surface area contributed by atoms with E-state index in [-0.39, 0.29) is 18.2 Å². The molecule has 5 rings (SSSR count). The van der Waals surface area contributed by atoms with Gasteiger partial charge < -0.3 is 28.2 Å². The first-order valence-electron chi connectivity index (χ1n) is 12.4. The lowest BCUT2D eigenvalue weighted by molar-refractivity contribution is -0.218. The van der Waals surface area contributed by atoms with Crippen molar-refractivity contribution in [2.24, 2.45) is 28.6 Å². The van der Waals surface area contributed by atoms with E-state index < -0.39 is 53.1 Å². The van der Waals surface area contributed by atoms with Gasteiger partial charge in [0.05, 0.1) is 37.0 Å². The molecule has 3 heterocycles. The Morgan fingerprint density at radius 1 is 1.19 bits per heavy atom. The fourth-order valence-electron chi connectivity index (χ4n) is 7.25. The van der Waals surface area contributed by atoms with E-state index in [9.17, 15) is 19.5 Å². The first-order valence-corrected chi connectivity index (χ1v) is 12.4. The number of fused-ring (bicyclic) bond motifs is 3. The summed E-state index contributed by atoms with van der Waals surface area (Å²) in [7, 11) is 1.33. The number of Topliss-reactive ketones (excluding diaryl/α,β-unsaturated/α-hetero) is 1. The smallest absolute Gasteiger partial charge is 0.310 e. The molecule has 2 aromatic heterocycles. The van der Waals surface area contributed by atoms with Crippen LogP contribution < -0.4 is 0 Å². The van der Waals surface area contributed by atoms with Gasteiger partial charge in [-0.2, -0.15) is 0 Å². The lowest BCUT2D eigenvalue weighted by Crippen LogP contribution is -2.64. The first-order chi connectivity index (χ1) is 17.1. The van der Waals surface area contributed by atoms with E-state index >= 15 is 0 Å². The van der Waals surface area contributed by atoms with Crippen molar-refractivity contribution in [3.05, 3.63) is 36.5 Å². The summed E-state index contributed by atoms with van der Waals surface area (Å²) in [6.07, 6.45) is 3.32. The highest BCUT2D eigenvalue weighted by atomic mass is 16.6. The molecule has 0 bridgehead atoms. The molecule has 2 aliphatic carbocycles. The molecule has 9 heteroatoms. The average Bonchev–Trinajstić information content (AvgIpc) is 3.51. The van der Waals surface area contributed by atoms with Crippen LogP contribution in [0.15, 0.2) is 39.8 Å². The van der Waals surface area contributed by atoms with Crippen LogP contribution in [0.2, 0.25) is 0 Å². The van der Waals surface area contributed by atoms with Crippen molar-refractivity contribution < 1.29 is 42.5 Å². The third kappa shape index (κ3) is 3.71. The van der Waals surface area contributed by atoms with Gasteiger partial charge in [-0.3, -0.25) is 14.4 Å². The van der Waals surface area contributed by atoms with Gasteiger partial charge in [0.15, 0.2) is 12.1 Å². The van der Waals surface area contributed by atoms with E-state index in [2.05, 4.69) is 0 Å². The van der Waals surface area contributed by atoms with Gasteiger partial charge in [-0.15, -0.1) is 0 Å². The zero-order chi connectivity index (χ0) is 25.8. The Kier molecular flexibility index (Phi) is 6.11. The molecule has 36 heavy (non-hydrogen) atoms. The zero-order valence-corrected chi connectivity index (χ0v) is 20.9. The fraction of sp³-hybridized carbons (Fsp3) is 0.593. The molecule has 1 aliphatic heterocycles. The Labute approximate surface area is 209 Å². The highest BCUT2D eigenvalue weighted by Gasteiger charge is 2.67. The Bertz CT molecular complexity index is 1150. The van der Waals surface area contributed by atoms with E-state index in [4.69, 9.17) is 23.0 Å². The lowest BCUT2D eigenvalue weighted by Gasteiger charge is -2.61. The summed E-state index contributed by atoms with van der Waals surface area (Å²) in [5.41, 5.74) is -0.139. The third-order valence-corrected chi connectivity index (χ3v) is 8.78. The molecule has 0 radical (unpaired) electrons. The van der Waals surface area contributed by atoms with E-state index in [0.717, 1.165) is 5.56 Å². The summed E-state index contributed by atoms with van der Waals surface area (Å²) >= 11 is 0. The van der Waals surface area contributed by atoms with Crippen molar-refractivity contribution in [2.45, 2.75) is 65.0 Å². The highest BCUT2D eigenvalue weighted by molar-refractivity contribution is 5.92. The predicted octanol–water partition coefficient (Wildman–Crippen LogP) is 4.05. The monoisotopic (exact) mass is 500 g/mol. The number of aliphatic hydroxyl groups excluding tert-OH is 1. The van der Waals surface area contributed by atoms with Crippen LogP contribution in [0.4, 0.5) is 0 Å². The van der Waals surface area contributed by atoms with Gasteiger partial charge in [0.2, 0.25) is 0 Å². The third-order valence-electron chi connectivity index (χ3n) is 8.78. The van der Waals surface area contributed by atoms with Crippen LogP contribution in [0, 0.1) is 28.6 Å². The molecule has 9 nitrogen and oxygen atoms in total. The number of hydrogen-bond donors (Lipinski definition) is 1. The van der Waals surface area contributed by atoms with Crippen LogP contribution in [0.25, 0.3) is 11.3 Å². The van der Waals surface area contributed by atoms with Crippen molar-refractivity contribution in [1.82, 2.24) is 0 Å². The minimum atomic E-state index is -1.18. The van der Waals surface area contributed by atoms with Crippen LogP contribution >= 0.6 is 0 Å². The van der Waals surface area contributed by atoms with Crippen LogP contribution in [0.1, 0.15) is 58.1 Å². The molecule has 1 N–H and O–H groups in total. The number of ether oxygens (including phenoxy) is 3. The van der Waals surface area contributed by atoms with Crippen molar-refractivity contribution in [3.63, 3.8) is 0 Å². The predicted molar refractivity (Wildman–Crippen MR) is 124 cm³/mol. The molecule has 0 aromatic carbocycles. The second-order valence-electron chi connectivity index (χ2n) is 10.8. The van der Waals surface area contributed by atoms with Crippen molar-refractivity contribution >= 4 is 17.7 Å². The van der Waals surface area contributed by atoms with E-state index in [0.29, 0.717) is 30.6 Å². The van der Waals surface area contributed by atoms with Crippen LogP contribution in [-0.4, -0.2) is 42.3 Å². The second-order valence-corrected chi connectivity index (χ2v) is 10.8. The molecule has 3 fully saturated rings. The minimum Gasteiger partial charge on any atom is -0.472 e. The maximum atomic E-state index is 14.0. The standard InChI is InChI=1S/C27H32O9/c1-14(28)35-19-11-18(24(30)32-4)26(2)8-5-17-25(31)36-20(12-27(17,3)23(26)21(19)29)16-7-10-34-22(16)15-6-9-33-13-15/h6-7,9-10,13-14,17-20,23,28H,5,8,11-12H2,1-4H3/t14?,17-,18-,19-,20-,23-,26-,27-/m0/s1. The number of carbonyl (C=O) groups excluding carboxylic acids is 3. The van der Waals surface area contributed by atoms with E-state index in [1.165, 1.54) is 26.6 Å². The van der Waals surface area contributed by atoms with E-state index in [1.807, 2.05) is 13.8 Å². The highest BCUT2D eigenvalue weighted by Crippen LogP contribution is 2.65. The summed E-state index contributed by atoms with van der Waals surface area (Å²) in [6.45, 7) is 5.33. The number of cyclic esters (lactones) is 1. The number of hydrogen-bond acceptors (Lipinski definition) is 9. The molecular weight excluding hydrogens is 468 g/mol. The Morgan fingerprint density at radius 3 is 2.64 bits per heavy atom. The summed E-state index contributed by atoms with van der Waals surface area (Å²) in [5.74, 6) is -2.23. The van der Waals surface area contributed by atoms with Gasteiger partial charge in [0.1, 0.15) is 24.2 Å². The second kappa shape index (κ2) is 8.88. The minimum absolute atomic E-state index is 0.129. The fourth-order valence-corrected chi connectivity index (χ4v) is 7.25. The number of esters is 2. The van der Waals surface area contributed by atoms with Gasteiger partial charge in [0.25, 0.3) is 0 Å². The Balaban J connectivity index is 1.57. The maximum Gasteiger partial charge on any atom is 0.310 e. The topological polar surface area (TPSA) is 125 Å². The molecule has 194 valence electrons. The lowest BCUT2D eigenvalue weighted by atomic mass is 9.43. The van der Waals surface area contributed by atoms with Crippen LogP contribution in [0.5, 0.6) is 0 Å². The first kappa shape index (κ1) is 24.8. The van der Waals surface area contributed by atoms with E-state index in [1.54, 1.807) is 18.4 Å². The quantitative estimate of drug-likeness (QED) is 0.478. The normalized spacial score (nSPS) is 37.0. The molecule has 3 aliphatic rings.